The third-order valence-corrected chi connectivity index (χ3v) is 5.89. The fraction of sp³-hybridized carbons (Fsp3) is 0.120. The van der Waals surface area contributed by atoms with Crippen LogP contribution in [0, 0.1) is 0 Å². The minimum absolute atomic E-state index is 0.000735. The number of nitrogens with one attached hydrogen (secondary N) is 2. The van der Waals surface area contributed by atoms with E-state index in [0.29, 0.717) is 16.8 Å². The number of thiazole rings is 1. The van der Waals surface area contributed by atoms with Gasteiger partial charge in [0.2, 0.25) is 0 Å². The van der Waals surface area contributed by atoms with Crippen LogP contribution in [0.3, 0.4) is 0 Å². The van der Waals surface area contributed by atoms with Crippen molar-refractivity contribution in [2.24, 2.45) is 0 Å². The first-order valence-electron chi connectivity index (χ1n) is 10.5. The maximum absolute atomic E-state index is 13.1. The number of carbonyl (C=O) groups is 1. The third kappa shape index (κ3) is 6.36. The van der Waals surface area contributed by atoms with E-state index in [9.17, 15) is 26.7 Å². The minimum atomic E-state index is -4.50. The molecule has 0 bridgehead atoms. The molecule has 4 rings (SSSR count). The molecule has 3 aromatic carbocycles. The Morgan fingerprint density at radius 3 is 2.36 bits per heavy atom. The zero-order chi connectivity index (χ0) is 25.7. The zero-order valence-electron chi connectivity index (χ0n) is 18.4. The van der Waals surface area contributed by atoms with Crippen LogP contribution in [0.4, 0.5) is 32.8 Å². The normalized spacial score (nSPS) is 11.4. The van der Waals surface area contributed by atoms with E-state index in [0.717, 1.165) is 23.5 Å². The monoisotopic (exact) mass is 519 g/mol. The molecule has 11 heteroatoms. The number of hydrogen-bond donors (Lipinski definition) is 2. The van der Waals surface area contributed by atoms with E-state index >= 15 is 0 Å². The summed E-state index contributed by atoms with van der Waals surface area (Å²) in [4.78, 5) is 17.8. The van der Waals surface area contributed by atoms with Crippen LogP contribution in [-0.2, 0) is 12.7 Å². The maximum Gasteiger partial charge on any atom is 0.416 e. The third-order valence-electron chi connectivity index (χ3n) is 4.92. The summed E-state index contributed by atoms with van der Waals surface area (Å²) in [7, 11) is 0. The number of carbonyl (C=O) groups excluding carboxylic acids is 1. The molecule has 1 amide bonds. The van der Waals surface area contributed by atoms with Crippen molar-refractivity contribution < 1.29 is 31.5 Å². The Morgan fingerprint density at radius 2 is 1.69 bits per heavy atom. The summed E-state index contributed by atoms with van der Waals surface area (Å²) >= 11 is 0.996. The highest BCUT2D eigenvalue weighted by atomic mass is 32.1. The SMILES string of the molecule is O=C(NCc1ccc(OC(F)F)cc1)c1sc(Nc2cccc(C(F)(F)F)c2)nc1-c1ccccc1. The topological polar surface area (TPSA) is 63.2 Å². The van der Waals surface area contributed by atoms with Gasteiger partial charge in [-0.25, -0.2) is 4.98 Å². The van der Waals surface area contributed by atoms with Gasteiger partial charge >= 0.3 is 12.8 Å². The molecule has 0 unspecified atom stereocenters. The fourth-order valence-electron chi connectivity index (χ4n) is 3.27. The fourth-order valence-corrected chi connectivity index (χ4v) is 4.19. The minimum Gasteiger partial charge on any atom is -0.435 e. The molecule has 2 N–H and O–H groups in total. The molecule has 0 radical (unpaired) electrons. The van der Waals surface area contributed by atoms with Crippen molar-refractivity contribution in [1.29, 1.82) is 0 Å². The molecule has 0 fully saturated rings. The lowest BCUT2D eigenvalue weighted by Gasteiger charge is -2.08. The van der Waals surface area contributed by atoms with Crippen LogP contribution in [-0.4, -0.2) is 17.5 Å². The Kier molecular flexibility index (Phi) is 7.49. The van der Waals surface area contributed by atoms with Crippen molar-refractivity contribution in [1.82, 2.24) is 10.3 Å². The number of hydrogen-bond acceptors (Lipinski definition) is 5. The number of alkyl halides is 5. The number of benzene rings is 3. The van der Waals surface area contributed by atoms with Crippen molar-refractivity contribution in [2.75, 3.05) is 5.32 Å². The molecule has 1 heterocycles. The molecule has 36 heavy (non-hydrogen) atoms. The van der Waals surface area contributed by atoms with Gasteiger partial charge in [-0.2, -0.15) is 22.0 Å². The quantitative estimate of drug-likeness (QED) is 0.244. The van der Waals surface area contributed by atoms with E-state index in [1.165, 1.54) is 24.3 Å². The highest BCUT2D eigenvalue weighted by Crippen LogP contribution is 2.35. The van der Waals surface area contributed by atoms with Crippen LogP contribution in [0.5, 0.6) is 5.75 Å². The van der Waals surface area contributed by atoms with Gasteiger partial charge in [0.1, 0.15) is 10.6 Å². The Balaban J connectivity index is 1.55. The van der Waals surface area contributed by atoms with E-state index in [-0.39, 0.29) is 28.0 Å². The average Bonchev–Trinajstić information content (AvgIpc) is 3.27. The van der Waals surface area contributed by atoms with E-state index in [2.05, 4.69) is 20.4 Å². The lowest BCUT2D eigenvalue weighted by molar-refractivity contribution is -0.137. The highest BCUT2D eigenvalue weighted by Gasteiger charge is 2.30. The second-order valence-electron chi connectivity index (χ2n) is 7.47. The van der Waals surface area contributed by atoms with Gasteiger partial charge in [0.25, 0.3) is 5.91 Å². The van der Waals surface area contributed by atoms with E-state index in [4.69, 9.17) is 0 Å². The van der Waals surface area contributed by atoms with Gasteiger partial charge in [0.15, 0.2) is 5.13 Å². The van der Waals surface area contributed by atoms with Gasteiger partial charge in [0, 0.05) is 17.8 Å². The number of ether oxygens (including phenoxy) is 1. The number of rotatable bonds is 8. The van der Waals surface area contributed by atoms with Crippen LogP contribution in [0.2, 0.25) is 0 Å². The summed E-state index contributed by atoms with van der Waals surface area (Å²) in [5.41, 5.74) is 1.04. The van der Waals surface area contributed by atoms with Crippen molar-refractivity contribution in [3.8, 4) is 17.0 Å². The number of amides is 1. The predicted octanol–water partition coefficient (Wildman–Crippen LogP) is 7.10. The van der Waals surface area contributed by atoms with Gasteiger partial charge < -0.3 is 15.4 Å². The van der Waals surface area contributed by atoms with Crippen molar-refractivity contribution >= 4 is 28.1 Å². The number of halogens is 5. The van der Waals surface area contributed by atoms with Crippen LogP contribution in [0.15, 0.2) is 78.9 Å². The number of nitrogens with zero attached hydrogens (tertiary/aromatic N) is 1. The first kappa shape index (κ1) is 25.1. The molecule has 0 saturated heterocycles. The van der Waals surface area contributed by atoms with Gasteiger partial charge in [-0.1, -0.05) is 59.9 Å². The summed E-state index contributed by atoms with van der Waals surface area (Å²) in [6.45, 7) is -2.83. The molecule has 0 aliphatic carbocycles. The summed E-state index contributed by atoms with van der Waals surface area (Å²) < 4.78 is 68.1. The number of aromatic nitrogens is 1. The van der Waals surface area contributed by atoms with Crippen LogP contribution in [0.1, 0.15) is 20.8 Å². The molecule has 4 aromatic rings. The highest BCUT2D eigenvalue weighted by molar-refractivity contribution is 7.18. The lowest BCUT2D eigenvalue weighted by Crippen LogP contribution is -2.22. The zero-order valence-corrected chi connectivity index (χ0v) is 19.2. The summed E-state index contributed by atoms with van der Waals surface area (Å²) in [6, 6.07) is 19.4. The van der Waals surface area contributed by atoms with E-state index in [1.54, 1.807) is 42.5 Å². The van der Waals surface area contributed by atoms with E-state index in [1.807, 2.05) is 0 Å². The molecular formula is C25H18F5N3O2S. The standard InChI is InChI=1S/C25H18F5N3O2S/c26-23(27)35-19-11-9-15(10-12-19)14-31-22(34)21-20(16-5-2-1-3-6-16)33-24(36-21)32-18-8-4-7-17(13-18)25(28,29)30/h1-13,23H,14H2,(H,31,34)(H,32,33). The molecular weight excluding hydrogens is 501 g/mol. The first-order valence-corrected chi connectivity index (χ1v) is 11.3. The summed E-state index contributed by atoms with van der Waals surface area (Å²) in [6.07, 6.45) is -4.50. The second-order valence-corrected chi connectivity index (χ2v) is 8.47. The van der Waals surface area contributed by atoms with Crippen LogP contribution < -0.4 is 15.4 Å². The molecule has 5 nitrogen and oxygen atoms in total. The Bertz CT molecular complexity index is 1330. The van der Waals surface area contributed by atoms with Crippen LogP contribution in [0.25, 0.3) is 11.3 Å². The van der Waals surface area contributed by atoms with Crippen molar-refractivity contribution in [3.05, 3.63) is 94.9 Å². The van der Waals surface area contributed by atoms with Gasteiger partial charge in [-0.15, -0.1) is 0 Å². The molecule has 0 aliphatic rings. The van der Waals surface area contributed by atoms with Crippen molar-refractivity contribution in [3.63, 3.8) is 0 Å². The Labute approximate surface area is 206 Å². The first-order chi connectivity index (χ1) is 17.2. The number of anilines is 2. The molecule has 186 valence electrons. The molecule has 1 aromatic heterocycles. The Hall–Kier alpha value is -3.99. The maximum atomic E-state index is 13.1. The van der Waals surface area contributed by atoms with Gasteiger partial charge in [-0.05, 0) is 35.9 Å². The molecule has 0 aliphatic heterocycles. The molecule has 0 saturated carbocycles. The van der Waals surface area contributed by atoms with Gasteiger partial charge in [-0.3, -0.25) is 4.79 Å². The Morgan fingerprint density at radius 1 is 0.972 bits per heavy atom. The lowest BCUT2D eigenvalue weighted by atomic mass is 10.1. The largest absolute Gasteiger partial charge is 0.435 e. The van der Waals surface area contributed by atoms with E-state index < -0.39 is 24.3 Å². The second kappa shape index (κ2) is 10.7. The van der Waals surface area contributed by atoms with Gasteiger partial charge in [0.05, 0.1) is 11.3 Å². The summed E-state index contributed by atoms with van der Waals surface area (Å²) in [5, 5.41) is 5.85. The summed E-state index contributed by atoms with van der Waals surface area (Å²) in [5.74, 6) is -0.449. The smallest absolute Gasteiger partial charge is 0.416 e. The van der Waals surface area contributed by atoms with Crippen molar-refractivity contribution in [2.45, 2.75) is 19.3 Å². The predicted molar refractivity (Wildman–Crippen MR) is 127 cm³/mol. The average molecular weight is 519 g/mol. The molecule has 0 atom stereocenters. The van der Waals surface area contributed by atoms with Crippen LogP contribution >= 0.6 is 11.3 Å². The molecule has 0 spiro atoms.